The van der Waals surface area contributed by atoms with Crippen molar-refractivity contribution in [1.82, 2.24) is 5.32 Å². The smallest absolute Gasteiger partial charge is 0.422 e. The van der Waals surface area contributed by atoms with Gasteiger partial charge in [-0.05, 0) is 20.8 Å². The van der Waals surface area contributed by atoms with Gasteiger partial charge in [0.1, 0.15) is 5.60 Å². The minimum atomic E-state index is -4.47. The fourth-order valence-corrected chi connectivity index (χ4v) is 1.36. The zero-order valence-corrected chi connectivity index (χ0v) is 11.3. The van der Waals surface area contributed by atoms with E-state index in [1.54, 1.807) is 20.8 Å². The molecule has 0 spiro atoms. The van der Waals surface area contributed by atoms with Crippen LogP contribution in [0.3, 0.4) is 0 Å². The number of allylic oxidation sites excluding steroid dienone is 1. The summed E-state index contributed by atoms with van der Waals surface area (Å²) in [5.74, 6) is 0. The van der Waals surface area contributed by atoms with Crippen LogP contribution in [0.15, 0.2) is 23.0 Å². The molecule has 0 atom stereocenters. The lowest BCUT2D eigenvalue weighted by atomic mass is 10.2. The maximum atomic E-state index is 12.2. The standard InChI is InChI=1S/C11H16F3NO2S/c1-7(18-8(2)11(12,13)14)6-15-9(16)17-10(3,4)5/h1-2,6H2,3-5H3,(H,15,16). The van der Waals surface area contributed by atoms with Gasteiger partial charge in [-0.3, -0.25) is 0 Å². The highest BCUT2D eigenvalue weighted by Gasteiger charge is 2.32. The van der Waals surface area contributed by atoms with Crippen molar-refractivity contribution < 1.29 is 22.7 Å². The van der Waals surface area contributed by atoms with Crippen LogP contribution in [-0.2, 0) is 4.74 Å². The molecule has 104 valence electrons. The van der Waals surface area contributed by atoms with E-state index in [1.807, 2.05) is 0 Å². The van der Waals surface area contributed by atoms with Crippen molar-refractivity contribution in [3.8, 4) is 0 Å². The number of alkyl halides is 3. The highest BCUT2D eigenvalue weighted by molar-refractivity contribution is 8.06. The Labute approximate surface area is 108 Å². The molecule has 1 amide bonds. The third kappa shape index (κ3) is 8.05. The number of carbonyl (C=O) groups is 1. The average Bonchev–Trinajstić information content (AvgIpc) is 2.10. The van der Waals surface area contributed by atoms with E-state index in [0.717, 1.165) is 0 Å². The summed E-state index contributed by atoms with van der Waals surface area (Å²) >= 11 is 0.382. The molecule has 0 aliphatic heterocycles. The minimum absolute atomic E-state index is 0.116. The molecule has 0 unspecified atom stereocenters. The number of nitrogens with one attached hydrogen (secondary N) is 1. The van der Waals surface area contributed by atoms with Gasteiger partial charge in [0.2, 0.25) is 0 Å². The van der Waals surface area contributed by atoms with Gasteiger partial charge < -0.3 is 10.1 Å². The maximum Gasteiger partial charge on any atom is 0.422 e. The first-order valence-electron chi connectivity index (χ1n) is 5.00. The van der Waals surface area contributed by atoms with Gasteiger partial charge in [0.15, 0.2) is 0 Å². The van der Waals surface area contributed by atoms with Crippen LogP contribution in [0.5, 0.6) is 0 Å². The lowest BCUT2D eigenvalue weighted by Gasteiger charge is -2.20. The van der Waals surface area contributed by atoms with Crippen LogP contribution in [0, 0.1) is 0 Å². The topological polar surface area (TPSA) is 38.3 Å². The number of amides is 1. The fourth-order valence-electron chi connectivity index (χ4n) is 0.753. The molecule has 0 saturated carbocycles. The third-order valence-electron chi connectivity index (χ3n) is 1.41. The Kier molecular flexibility index (Phi) is 5.79. The lowest BCUT2D eigenvalue weighted by molar-refractivity contribution is -0.0832. The molecule has 0 bridgehead atoms. The predicted octanol–water partition coefficient (Wildman–Crippen LogP) is 3.83. The number of rotatable bonds is 4. The van der Waals surface area contributed by atoms with Gasteiger partial charge in [0.25, 0.3) is 0 Å². The van der Waals surface area contributed by atoms with Gasteiger partial charge in [0.05, 0.1) is 11.4 Å². The number of hydrogen-bond acceptors (Lipinski definition) is 3. The fraction of sp³-hybridized carbons (Fsp3) is 0.545. The maximum absolute atomic E-state index is 12.2. The Morgan fingerprint density at radius 1 is 1.28 bits per heavy atom. The number of ether oxygens (including phenoxy) is 1. The van der Waals surface area contributed by atoms with Crippen molar-refractivity contribution >= 4 is 17.9 Å². The van der Waals surface area contributed by atoms with Crippen LogP contribution < -0.4 is 5.32 Å². The van der Waals surface area contributed by atoms with Crippen molar-refractivity contribution in [2.24, 2.45) is 0 Å². The van der Waals surface area contributed by atoms with E-state index in [4.69, 9.17) is 4.74 Å². The number of carbonyl (C=O) groups excluding carboxylic acids is 1. The van der Waals surface area contributed by atoms with Crippen LogP contribution in [0.1, 0.15) is 20.8 Å². The molecular weight excluding hydrogens is 267 g/mol. The van der Waals surface area contributed by atoms with E-state index >= 15 is 0 Å². The summed E-state index contributed by atoms with van der Waals surface area (Å²) in [7, 11) is 0. The minimum Gasteiger partial charge on any atom is -0.444 e. The molecule has 3 nitrogen and oxygen atoms in total. The van der Waals surface area contributed by atoms with Crippen molar-refractivity contribution in [2.75, 3.05) is 6.54 Å². The molecule has 1 N–H and O–H groups in total. The Morgan fingerprint density at radius 3 is 2.17 bits per heavy atom. The van der Waals surface area contributed by atoms with Gasteiger partial charge in [-0.2, -0.15) is 13.2 Å². The Bertz CT molecular complexity index is 345. The molecular formula is C11H16F3NO2S. The summed E-state index contributed by atoms with van der Waals surface area (Å²) in [6.07, 6.45) is -5.18. The molecule has 0 aliphatic carbocycles. The van der Waals surface area contributed by atoms with Gasteiger partial charge in [-0.15, -0.1) is 0 Å². The molecule has 0 aliphatic rings. The number of halogens is 3. The highest BCUT2D eigenvalue weighted by Crippen LogP contribution is 2.36. The molecule has 7 heteroatoms. The molecule has 0 fully saturated rings. The van der Waals surface area contributed by atoms with Crippen molar-refractivity contribution in [3.05, 3.63) is 23.0 Å². The van der Waals surface area contributed by atoms with Crippen molar-refractivity contribution in [2.45, 2.75) is 32.5 Å². The first-order valence-corrected chi connectivity index (χ1v) is 5.82. The largest absolute Gasteiger partial charge is 0.444 e. The molecule has 18 heavy (non-hydrogen) atoms. The first kappa shape index (κ1) is 16.9. The van der Waals surface area contributed by atoms with E-state index < -0.39 is 22.8 Å². The number of thioether (sulfide) groups is 1. The molecule has 0 saturated heterocycles. The second-order valence-electron chi connectivity index (χ2n) is 4.42. The Morgan fingerprint density at radius 2 is 1.78 bits per heavy atom. The van der Waals surface area contributed by atoms with E-state index in [-0.39, 0.29) is 11.4 Å². The molecule has 0 aromatic rings. The van der Waals surface area contributed by atoms with Gasteiger partial charge in [-0.1, -0.05) is 24.9 Å². The molecule has 0 heterocycles. The summed E-state index contributed by atoms with van der Waals surface area (Å²) in [4.78, 5) is 10.4. The summed E-state index contributed by atoms with van der Waals surface area (Å²) in [5.41, 5.74) is -0.659. The van der Waals surface area contributed by atoms with Crippen LogP contribution >= 0.6 is 11.8 Å². The van der Waals surface area contributed by atoms with Crippen LogP contribution in [-0.4, -0.2) is 24.4 Å². The van der Waals surface area contributed by atoms with Gasteiger partial charge >= 0.3 is 12.3 Å². The second-order valence-corrected chi connectivity index (χ2v) is 5.69. The summed E-state index contributed by atoms with van der Waals surface area (Å²) < 4.78 is 41.4. The van der Waals surface area contributed by atoms with E-state index in [1.165, 1.54) is 0 Å². The van der Waals surface area contributed by atoms with Crippen molar-refractivity contribution in [1.29, 1.82) is 0 Å². The monoisotopic (exact) mass is 283 g/mol. The summed E-state index contributed by atoms with van der Waals surface area (Å²) in [6, 6.07) is 0. The van der Waals surface area contributed by atoms with Gasteiger partial charge in [-0.25, -0.2) is 4.79 Å². The predicted molar refractivity (Wildman–Crippen MR) is 66.2 cm³/mol. The normalized spacial score (nSPS) is 11.9. The van der Waals surface area contributed by atoms with Crippen molar-refractivity contribution in [3.63, 3.8) is 0 Å². The molecule has 0 aromatic carbocycles. The van der Waals surface area contributed by atoms with E-state index in [2.05, 4.69) is 18.5 Å². The summed E-state index contributed by atoms with van der Waals surface area (Å²) in [5, 5.41) is 2.31. The molecule has 0 rings (SSSR count). The van der Waals surface area contributed by atoms with E-state index in [0.29, 0.717) is 11.8 Å². The SMILES string of the molecule is C=C(CNC(=O)OC(C)(C)C)SC(=C)C(F)(F)F. The summed E-state index contributed by atoms with van der Waals surface area (Å²) in [6.45, 7) is 11.2. The Balaban J connectivity index is 4.06. The van der Waals surface area contributed by atoms with Gasteiger partial charge in [0, 0.05) is 4.91 Å². The Hall–Kier alpha value is -1.11. The molecule has 0 radical (unpaired) electrons. The van der Waals surface area contributed by atoms with Crippen LogP contribution in [0.4, 0.5) is 18.0 Å². The number of hydrogen-bond donors (Lipinski definition) is 1. The van der Waals surface area contributed by atoms with Crippen LogP contribution in [0.25, 0.3) is 0 Å². The average molecular weight is 283 g/mol. The van der Waals surface area contributed by atoms with E-state index in [9.17, 15) is 18.0 Å². The van der Waals surface area contributed by atoms with Crippen LogP contribution in [0.2, 0.25) is 0 Å². The lowest BCUT2D eigenvalue weighted by Crippen LogP contribution is -2.33. The zero-order chi connectivity index (χ0) is 14.6. The highest BCUT2D eigenvalue weighted by atomic mass is 32.2. The molecule has 0 aromatic heterocycles. The quantitative estimate of drug-likeness (QED) is 0.852. The first-order chi connectivity index (χ1) is 7.92. The zero-order valence-electron chi connectivity index (χ0n) is 10.5. The third-order valence-corrected chi connectivity index (χ3v) is 2.32. The number of alkyl carbamates (subject to hydrolysis) is 1. The second kappa shape index (κ2) is 6.17.